The number of nitrogen functional groups attached to an aromatic ring is 1. The van der Waals surface area contributed by atoms with Gasteiger partial charge in [-0.2, -0.15) is 0 Å². The van der Waals surface area contributed by atoms with E-state index >= 15 is 0 Å². The number of carbonyl (C=O) groups excluding carboxylic acids is 1. The maximum Gasteiger partial charge on any atom is 0.323 e. The minimum absolute atomic E-state index is 0.408. The van der Waals surface area contributed by atoms with E-state index in [-0.39, 0.29) is 0 Å². The normalized spacial score (nSPS) is 10.0. The number of amides is 2. The van der Waals surface area contributed by atoms with Crippen LogP contribution in [0, 0.1) is 0 Å². The smallest absolute Gasteiger partial charge is 0.323 e. The molecule has 19 heavy (non-hydrogen) atoms. The van der Waals surface area contributed by atoms with Gasteiger partial charge in [0.2, 0.25) is 0 Å². The van der Waals surface area contributed by atoms with Gasteiger partial charge in [0.15, 0.2) is 0 Å². The van der Waals surface area contributed by atoms with Gasteiger partial charge in [-0.25, -0.2) is 4.79 Å². The average molecular weight is 296 g/mol. The Balaban J connectivity index is 2.05. The van der Waals surface area contributed by atoms with Gasteiger partial charge in [0.1, 0.15) is 0 Å². The van der Waals surface area contributed by atoms with Gasteiger partial charge in [0.05, 0.1) is 10.7 Å². The van der Waals surface area contributed by atoms with Crippen molar-refractivity contribution in [3.05, 3.63) is 52.5 Å². The fraction of sp³-hybridized carbons (Fsp3) is 0. The molecular formula is C13H11Cl2N3O. The van der Waals surface area contributed by atoms with Gasteiger partial charge >= 0.3 is 6.03 Å². The van der Waals surface area contributed by atoms with Gasteiger partial charge < -0.3 is 16.4 Å². The van der Waals surface area contributed by atoms with E-state index in [2.05, 4.69) is 10.6 Å². The second-order valence-corrected chi connectivity index (χ2v) is 4.67. The summed E-state index contributed by atoms with van der Waals surface area (Å²) in [6, 6.07) is 11.2. The third kappa shape index (κ3) is 3.77. The number of nitrogens with two attached hydrogens (primary N) is 1. The molecule has 0 aliphatic rings. The number of rotatable bonds is 2. The van der Waals surface area contributed by atoms with Crippen LogP contribution in [0.5, 0.6) is 0 Å². The first-order chi connectivity index (χ1) is 9.04. The Morgan fingerprint density at radius 3 is 2.37 bits per heavy atom. The van der Waals surface area contributed by atoms with Crippen molar-refractivity contribution >= 4 is 46.3 Å². The predicted molar refractivity (Wildman–Crippen MR) is 80.0 cm³/mol. The Bertz CT molecular complexity index is 599. The molecule has 0 spiro atoms. The monoisotopic (exact) mass is 295 g/mol. The van der Waals surface area contributed by atoms with Crippen molar-refractivity contribution in [2.24, 2.45) is 0 Å². The minimum Gasteiger partial charge on any atom is -0.399 e. The first-order valence-electron chi connectivity index (χ1n) is 5.43. The van der Waals surface area contributed by atoms with Crippen molar-refractivity contribution in [2.75, 3.05) is 16.4 Å². The molecule has 2 aromatic rings. The molecule has 4 N–H and O–H groups in total. The summed E-state index contributed by atoms with van der Waals surface area (Å²) >= 11 is 11.7. The molecule has 98 valence electrons. The zero-order valence-electron chi connectivity index (χ0n) is 9.78. The highest BCUT2D eigenvalue weighted by Gasteiger charge is 2.06. The molecule has 0 fully saturated rings. The molecule has 4 nitrogen and oxygen atoms in total. The van der Waals surface area contributed by atoms with Gasteiger partial charge in [0.25, 0.3) is 0 Å². The second kappa shape index (κ2) is 5.82. The Morgan fingerprint density at radius 2 is 1.68 bits per heavy atom. The van der Waals surface area contributed by atoms with Crippen LogP contribution in [-0.2, 0) is 0 Å². The van der Waals surface area contributed by atoms with Crippen LogP contribution in [0.3, 0.4) is 0 Å². The lowest BCUT2D eigenvalue weighted by Gasteiger charge is -2.09. The highest BCUT2D eigenvalue weighted by Crippen LogP contribution is 2.24. The molecule has 0 bridgehead atoms. The van der Waals surface area contributed by atoms with Gasteiger partial charge in [0, 0.05) is 16.4 Å². The van der Waals surface area contributed by atoms with E-state index in [4.69, 9.17) is 28.9 Å². The summed E-state index contributed by atoms with van der Waals surface area (Å²) in [4.78, 5) is 11.8. The quantitative estimate of drug-likeness (QED) is 0.726. The highest BCUT2D eigenvalue weighted by molar-refractivity contribution is 6.34. The second-order valence-electron chi connectivity index (χ2n) is 3.83. The molecule has 0 aromatic heterocycles. The van der Waals surface area contributed by atoms with Crippen LogP contribution in [0.2, 0.25) is 10.0 Å². The lowest BCUT2D eigenvalue weighted by atomic mass is 10.3. The summed E-state index contributed by atoms with van der Waals surface area (Å²) in [6.07, 6.45) is 0. The summed E-state index contributed by atoms with van der Waals surface area (Å²) < 4.78 is 0. The number of hydrogen-bond donors (Lipinski definition) is 3. The zero-order chi connectivity index (χ0) is 13.8. The number of nitrogens with one attached hydrogen (secondary N) is 2. The first-order valence-corrected chi connectivity index (χ1v) is 6.19. The molecule has 0 heterocycles. The van der Waals surface area contributed by atoms with E-state index in [9.17, 15) is 4.79 Å². The van der Waals surface area contributed by atoms with Crippen molar-refractivity contribution < 1.29 is 4.79 Å². The van der Waals surface area contributed by atoms with Crippen LogP contribution in [0.15, 0.2) is 42.5 Å². The fourth-order valence-electron chi connectivity index (χ4n) is 1.46. The maximum atomic E-state index is 11.8. The SMILES string of the molecule is Nc1ccc(Cl)c(NC(=O)Nc2ccc(Cl)cc2)c1. The first kappa shape index (κ1) is 13.5. The Hall–Kier alpha value is -1.91. The lowest BCUT2D eigenvalue weighted by Crippen LogP contribution is -2.19. The molecule has 2 amide bonds. The average Bonchev–Trinajstić information content (AvgIpc) is 2.37. The van der Waals surface area contributed by atoms with E-state index in [0.29, 0.717) is 27.1 Å². The summed E-state index contributed by atoms with van der Waals surface area (Å²) in [7, 11) is 0. The van der Waals surface area contributed by atoms with Crippen LogP contribution >= 0.6 is 23.2 Å². The van der Waals surface area contributed by atoms with E-state index in [1.165, 1.54) is 0 Å². The number of halogens is 2. The van der Waals surface area contributed by atoms with Crippen molar-refractivity contribution in [3.63, 3.8) is 0 Å². The number of carbonyl (C=O) groups is 1. The Labute approximate surface area is 120 Å². The molecule has 2 aromatic carbocycles. The largest absolute Gasteiger partial charge is 0.399 e. The summed E-state index contributed by atoms with van der Waals surface area (Å²) in [5, 5.41) is 6.29. The van der Waals surface area contributed by atoms with Gasteiger partial charge in [-0.05, 0) is 42.5 Å². The van der Waals surface area contributed by atoms with Crippen LogP contribution < -0.4 is 16.4 Å². The lowest BCUT2D eigenvalue weighted by molar-refractivity contribution is 0.262. The molecule has 0 unspecified atom stereocenters. The molecule has 0 atom stereocenters. The van der Waals surface area contributed by atoms with E-state index in [1.54, 1.807) is 42.5 Å². The Kier molecular flexibility index (Phi) is 4.14. The zero-order valence-corrected chi connectivity index (χ0v) is 11.3. The summed E-state index contributed by atoms with van der Waals surface area (Å²) in [6.45, 7) is 0. The van der Waals surface area contributed by atoms with E-state index < -0.39 is 6.03 Å². The molecule has 0 saturated heterocycles. The van der Waals surface area contributed by atoms with Crippen molar-refractivity contribution in [1.82, 2.24) is 0 Å². The topological polar surface area (TPSA) is 67.1 Å². The standard InChI is InChI=1S/C13H11Cl2N3O/c14-8-1-4-10(5-2-8)17-13(19)18-12-7-9(16)3-6-11(12)15/h1-7H,16H2,(H2,17,18,19). The van der Waals surface area contributed by atoms with Gasteiger partial charge in [-0.15, -0.1) is 0 Å². The molecular weight excluding hydrogens is 285 g/mol. The third-order valence-corrected chi connectivity index (χ3v) is 2.92. The molecule has 2 rings (SSSR count). The number of hydrogen-bond acceptors (Lipinski definition) is 2. The maximum absolute atomic E-state index is 11.8. The molecule has 0 aliphatic carbocycles. The third-order valence-electron chi connectivity index (χ3n) is 2.34. The minimum atomic E-state index is -0.408. The van der Waals surface area contributed by atoms with Crippen LogP contribution in [0.4, 0.5) is 21.9 Å². The van der Waals surface area contributed by atoms with E-state index in [1.807, 2.05) is 0 Å². The highest BCUT2D eigenvalue weighted by atomic mass is 35.5. The molecule has 6 heteroatoms. The summed E-state index contributed by atoms with van der Waals surface area (Å²) in [5.41, 5.74) is 7.23. The predicted octanol–water partition coefficient (Wildman–Crippen LogP) is 4.22. The van der Waals surface area contributed by atoms with Crippen molar-refractivity contribution in [3.8, 4) is 0 Å². The molecule has 0 radical (unpaired) electrons. The van der Waals surface area contributed by atoms with Gasteiger partial charge in [-0.1, -0.05) is 23.2 Å². The molecule has 0 aliphatic heterocycles. The number of benzene rings is 2. The number of urea groups is 1. The Morgan fingerprint density at radius 1 is 1.00 bits per heavy atom. The fourth-order valence-corrected chi connectivity index (χ4v) is 1.75. The van der Waals surface area contributed by atoms with E-state index in [0.717, 1.165) is 0 Å². The van der Waals surface area contributed by atoms with Crippen LogP contribution in [0.1, 0.15) is 0 Å². The molecule has 0 saturated carbocycles. The van der Waals surface area contributed by atoms with Crippen molar-refractivity contribution in [2.45, 2.75) is 0 Å². The summed E-state index contributed by atoms with van der Waals surface area (Å²) in [5.74, 6) is 0. The van der Waals surface area contributed by atoms with Crippen LogP contribution in [0.25, 0.3) is 0 Å². The number of anilines is 3. The van der Waals surface area contributed by atoms with Crippen molar-refractivity contribution in [1.29, 1.82) is 0 Å². The van der Waals surface area contributed by atoms with Crippen LogP contribution in [-0.4, -0.2) is 6.03 Å². The van der Waals surface area contributed by atoms with Gasteiger partial charge in [-0.3, -0.25) is 0 Å².